The second-order valence-electron chi connectivity index (χ2n) is 7.01. The Balaban J connectivity index is 1.90. The number of hydrogen-bond donors (Lipinski definition) is 0. The van der Waals surface area contributed by atoms with Gasteiger partial charge in [-0.3, -0.25) is 0 Å². The zero-order chi connectivity index (χ0) is 19.8. The van der Waals surface area contributed by atoms with Crippen LogP contribution in [0, 0.1) is 23.4 Å². The van der Waals surface area contributed by atoms with E-state index >= 15 is 0 Å². The summed E-state index contributed by atoms with van der Waals surface area (Å²) in [5.74, 6) is -3.48. The molecule has 0 atom stereocenters. The van der Waals surface area contributed by atoms with Crippen LogP contribution in [0.15, 0.2) is 30.3 Å². The fourth-order valence-corrected chi connectivity index (χ4v) is 3.56. The molecule has 0 heterocycles. The van der Waals surface area contributed by atoms with E-state index in [1.165, 1.54) is 12.1 Å². The number of ether oxygens (including phenoxy) is 1. The van der Waals surface area contributed by atoms with E-state index in [-0.39, 0.29) is 11.5 Å². The van der Waals surface area contributed by atoms with Crippen LogP contribution >= 0.6 is 0 Å². The molecule has 2 aromatic rings. The van der Waals surface area contributed by atoms with Crippen LogP contribution in [-0.2, 0) is 0 Å². The van der Waals surface area contributed by atoms with Crippen LogP contribution in [0.1, 0.15) is 44.1 Å². The molecule has 0 bridgehead atoms. The lowest BCUT2D eigenvalue weighted by Gasteiger charge is -2.26. The summed E-state index contributed by atoms with van der Waals surface area (Å²) < 4.78 is 83.1. The fraction of sp³-hybridized carbons (Fsp3) is 0.400. The lowest BCUT2D eigenvalue weighted by Crippen LogP contribution is -2.17. The summed E-state index contributed by atoms with van der Waals surface area (Å²) in [6, 6.07) is 4.79. The zero-order valence-corrected chi connectivity index (χ0v) is 14.5. The Morgan fingerprint density at radius 2 is 1.44 bits per heavy atom. The van der Waals surface area contributed by atoms with E-state index in [0.717, 1.165) is 31.7 Å². The average Bonchev–Trinajstić information content (AvgIpc) is 2.56. The summed E-state index contributed by atoms with van der Waals surface area (Å²) in [5, 5.41) is 0. The van der Waals surface area contributed by atoms with Gasteiger partial charge in [0.1, 0.15) is 11.6 Å². The minimum atomic E-state index is -5.06. The van der Waals surface area contributed by atoms with E-state index < -0.39 is 35.1 Å². The van der Waals surface area contributed by atoms with Crippen molar-refractivity contribution >= 4 is 0 Å². The van der Waals surface area contributed by atoms with E-state index in [0.29, 0.717) is 23.6 Å². The van der Waals surface area contributed by atoms with Gasteiger partial charge in [-0.15, -0.1) is 13.2 Å². The normalized spacial score (nSPS) is 20.6. The zero-order valence-electron chi connectivity index (χ0n) is 14.5. The Labute approximate surface area is 153 Å². The van der Waals surface area contributed by atoms with Crippen LogP contribution in [0.3, 0.4) is 0 Å². The summed E-state index contributed by atoms with van der Waals surface area (Å²) in [6.45, 7) is 2.14. The van der Waals surface area contributed by atoms with Crippen molar-refractivity contribution < 1.29 is 31.1 Å². The Morgan fingerprint density at radius 1 is 0.852 bits per heavy atom. The summed E-state index contributed by atoms with van der Waals surface area (Å²) in [7, 11) is 0. The molecule has 7 heteroatoms. The third kappa shape index (κ3) is 4.57. The first-order chi connectivity index (χ1) is 12.6. The molecule has 2 aromatic carbocycles. The van der Waals surface area contributed by atoms with Crippen molar-refractivity contribution in [2.75, 3.05) is 0 Å². The van der Waals surface area contributed by atoms with Crippen LogP contribution in [0.5, 0.6) is 5.75 Å². The lowest BCUT2D eigenvalue weighted by atomic mass is 9.79. The molecule has 0 aliphatic heterocycles. The van der Waals surface area contributed by atoms with Gasteiger partial charge in [-0.25, -0.2) is 13.2 Å². The molecule has 0 unspecified atom stereocenters. The van der Waals surface area contributed by atoms with Crippen molar-refractivity contribution in [2.45, 2.75) is 44.9 Å². The molecule has 1 aliphatic carbocycles. The van der Waals surface area contributed by atoms with Crippen LogP contribution in [0.4, 0.5) is 26.3 Å². The van der Waals surface area contributed by atoms with E-state index in [9.17, 15) is 26.3 Å². The van der Waals surface area contributed by atoms with Gasteiger partial charge in [-0.2, -0.15) is 0 Å². The molecule has 27 heavy (non-hydrogen) atoms. The van der Waals surface area contributed by atoms with Crippen LogP contribution in [-0.4, -0.2) is 6.36 Å². The summed E-state index contributed by atoms with van der Waals surface area (Å²) >= 11 is 0. The average molecular weight is 388 g/mol. The maximum absolute atomic E-state index is 14.6. The molecule has 0 N–H and O–H groups in total. The molecule has 1 aliphatic rings. The van der Waals surface area contributed by atoms with Crippen LogP contribution < -0.4 is 4.74 Å². The van der Waals surface area contributed by atoms with Crippen LogP contribution in [0.25, 0.3) is 11.1 Å². The monoisotopic (exact) mass is 388 g/mol. The largest absolute Gasteiger partial charge is 0.573 e. The van der Waals surface area contributed by atoms with Gasteiger partial charge in [0.2, 0.25) is 0 Å². The SMILES string of the molecule is CC1CCC(c2cc(F)c(-c3ccc(OC(F)(F)F)c(F)c3)c(F)c2)CC1. The molecule has 1 nitrogen and oxygen atoms in total. The molecule has 1 fully saturated rings. The molecular weight excluding hydrogens is 370 g/mol. The van der Waals surface area contributed by atoms with E-state index in [2.05, 4.69) is 11.7 Å². The molecular formula is C20H18F6O. The van der Waals surface area contributed by atoms with Crippen molar-refractivity contribution in [2.24, 2.45) is 5.92 Å². The molecule has 0 radical (unpaired) electrons. The van der Waals surface area contributed by atoms with Gasteiger partial charge in [0.15, 0.2) is 11.6 Å². The number of alkyl halides is 3. The molecule has 146 valence electrons. The highest BCUT2D eigenvalue weighted by molar-refractivity contribution is 5.66. The number of halogens is 6. The third-order valence-corrected chi connectivity index (χ3v) is 5.00. The molecule has 0 spiro atoms. The van der Waals surface area contributed by atoms with Gasteiger partial charge in [0.05, 0.1) is 5.56 Å². The first kappa shape index (κ1) is 19.6. The lowest BCUT2D eigenvalue weighted by molar-refractivity contribution is -0.275. The second-order valence-corrected chi connectivity index (χ2v) is 7.01. The van der Waals surface area contributed by atoms with E-state index in [1.54, 1.807) is 0 Å². The molecule has 0 saturated heterocycles. The predicted octanol–water partition coefficient (Wildman–Crippen LogP) is 6.96. The first-order valence-electron chi connectivity index (χ1n) is 8.68. The summed E-state index contributed by atoms with van der Waals surface area (Å²) in [4.78, 5) is 0. The Morgan fingerprint density at radius 3 is 1.96 bits per heavy atom. The van der Waals surface area contributed by atoms with Gasteiger partial charge in [0, 0.05) is 0 Å². The first-order valence-corrected chi connectivity index (χ1v) is 8.68. The predicted molar refractivity (Wildman–Crippen MR) is 88.8 cm³/mol. The maximum Gasteiger partial charge on any atom is 0.573 e. The molecule has 0 aromatic heterocycles. The molecule has 1 saturated carbocycles. The molecule has 3 rings (SSSR count). The van der Waals surface area contributed by atoms with Crippen molar-refractivity contribution in [3.8, 4) is 16.9 Å². The third-order valence-electron chi connectivity index (χ3n) is 5.00. The van der Waals surface area contributed by atoms with E-state index in [1.807, 2.05) is 0 Å². The molecule has 0 amide bonds. The second kappa shape index (κ2) is 7.44. The van der Waals surface area contributed by atoms with Crippen LogP contribution in [0.2, 0.25) is 0 Å². The Hall–Kier alpha value is -2.18. The van der Waals surface area contributed by atoms with Crippen molar-refractivity contribution in [1.82, 2.24) is 0 Å². The fourth-order valence-electron chi connectivity index (χ4n) is 3.56. The standard InChI is InChI=1S/C20H18F6O/c1-11-2-4-12(5-3-11)14-9-16(22)19(17(23)10-14)13-6-7-18(15(21)8-13)27-20(24,25)26/h6-12H,2-5H2,1H3. The van der Waals surface area contributed by atoms with Gasteiger partial charge in [-0.05, 0) is 60.1 Å². The quantitative estimate of drug-likeness (QED) is 0.516. The summed E-state index contributed by atoms with van der Waals surface area (Å²) in [5.41, 5.74) is -0.112. The minimum Gasteiger partial charge on any atom is -0.403 e. The Kier molecular flexibility index (Phi) is 5.40. The van der Waals surface area contributed by atoms with Gasteiger partial charge in [-0.1, -0.05) is 25.8 Å². The Bertz CT molecular complexity index is 799. The number of benzene rings is 2. The topological polar surface area (TPSA) is 9.23 Å². The smallest absolute Gasteiger partial charge is 0.403 e. The highest BCUT2D eigenvalue weighted by Crippen LogP contribution is 2.38. The van der Waals surface area contributed by atoms with Gasteiger partial charge >= 0.3 is 6.36 Å². The van der Waals surface area contributed by atoms with Crippen molar-refractivity contribution in [1.29, 1.82) is 0 Å². The van der Waals surface area contributed by atoms with E-state index in [4.69, 9.17) is 0 Å². The van der Waals surface area contributed by atoms with Gasteiger partial charge < -0.3 is 4.74 Å². The number of hydrogen-bond acceptors (Lipinski definition) is 1. The summed E-state index contributed by atoms with van der Waals surface area (Å²) in [6.07, 6.45) is -1.39. The highest BCUT2D eigenvalue weighted by Gasteiger charge is 2.32. The minimum absolute atomic E-state index is 0.0681. The highest BCUT2D eigenvalue weighted by atomic mass is 19.4. The van der Waals surface area contributed by atoms with Crippen molar-refractivity contribution in [3.05, 3.63) is 53.3 Å². The number of rotatable bonds is 3. The van der Waals surface area contributed by atoms with Crippen molar-refractivity contribution in [3.63, 3.8) is 0 Å². The maximum atomic E-state index is 14.6. The van der Waals surface area contributed by atoms with Gasteiger partial charge in [0.25, 0.3) is 0 Å².